The van der Waals surface area contributed by atoms with Crippen molar-refractivity contribution in [1.29, 1.82) is 0 Å². The highest BCUT2D eigenvalue weighted by Crippen LogP contribution is 2.13. The summed E-state index contributed by atoms with van der Waals surface area (Å²) in [6.07, 6.45) is 3.35. The van der Waals surface area contributed by atoms with E-state index < -0.39 is 0 Å². The highest BCUT2D eigenvalue weighted by atomic mass is 19.1. The Morgan fingerprint density at radius 2 is 2.00 bits per heavy atom. The van der Waals surface area contributed by atoms with E-state index in [1.807, 2.05) is 13.1 Å². The van der Waals surface area contributed by atoms with Gasteiger partial charge in [-0.1, -0.05) is 0 Å². The van der Waals surface area contributed by atoms with E-state index in [2.05, 4.69) is 4.90 Å². The molecule has 1 aromatic heterocycles. The third-order valence-corrected chi connectivity index (χ3v) is 2.46. The lowest BCUT2D eigenvalue weighted by atomic mass is 10.2. The number of nitrogens with zero attached hydrogens (tertiary/aromatic N) is 1. The number of hydrogen-bond donors (Lipinski definition) is 1. The van der Waals surface area contributed by atoms with Crippen LogP contribution in [0, 0.1) is 5.82 Å². The molecule has 1 aromatic carbocycles. The first kappa shape index (κ1) is 11.7. The van der Waals surface area contributed by atoms with Crippen molar-refractivity contribution in [3.8, 4) is 0 Å². The Kier molecular flexibility index (Phi) is 3.44. The molecule has 90 valence electrons. The maximum absolute atomic E-state index is 13.1. The lowest BCUT2D eigenvalue weighted by Gasteiger charge is -2.15. The molecule has 2 rings (SSSR count). The second-order valence-corrected chi connectivity index (χ2v) is 4.20. The Morgan fingerprint density at radius 1 is 1.24 bits per heavy atom. The number of nitrogen functional groups attached to an aromatic ring is 1. The first-order chi connectivity index (χ1) is 8.13. The summed E-state index contributed by atoms with van der Waals surface area (Å²) < 4.78 is 18.1. The van der Waals surface area contributed by atoms with Crippen LogP contribution >= 0.6 is 0 Å². The topological polar surface area (TPSA) is 42.4 Å². The molecule has 2 N–H and O–H groups in total. The van der Waals surface area contributed by atoms with Gasteiger partial charge < -0.3 is 10.2 Å². The van der Waals surface area contributed by atoms with Crippen LogP contribution in [0.3, 0.4) is 0 Å². The van der Waals surface area contributed by atoms with Gasteiger partial charge in [0.25, 0.3) is 0 Å². The second kappa shape index (κ2) is 5.01. The van der Waals surface area contributed by atoms with Crippen molar-refractivity contribution in [1.82, 2.24) is 4.90 Å². The van der Waals surface area contributed by atoms with E-state index in [0.29, 0.717) is 12.2 Å². The molecular weight excluding hydrogens is 219 g/mol. The number of anilines is 1. The zero-order valence-corrected chi connectivity index (χ0v) is 9.69. The van der Waals surface area contributed by atoms with Crippen molar-refractivity contribution in [2.75, 3.05) is 12.8 Å². The van der Waals surface area contributed by atoms with Gasteiger partial charge in [0.2, 0.25) is 0 Å². The van der Waals surface area contributed by atoms with E-state index >= 15 is 0 Å². The Labute approximate surface area is 99.6 Å². The van der Waals surface area contributed by atoms with Gasteiger partial charge in [0.05, 0.1) is 12.5 Å². The third-order valence-electron chi connectivity index (χ3n) is 2.46. The first-order valence-corrected chi connectivity index (χ1v) is 5.38. The van der Waals surface area contributed by atoms with Crippen LogP contribution in [-0.2, 0) is 13.1 Å². The summed E-state index contributed by atoms with van der Waals surface area (Å²) in [5.41, 5.74) is 8.02. The van der Waals surface area contributed by atoms with Crippen LogP contribution in [0.1, 0.15) is 11.1 Å². The number of rotatable bonds is 4. The Bertz CT molecular complexity index is 462. The summed E-state index contributed by atoms with van der Waals surface area (Å²) in [7, 11) is 1.97. The molecule has 0 aliphatic carbocycles. The molecule has 2 aromatic rings. The van der Waals surface area contributed by atoms with Gasteiger partial charge >= 0.3 is 0 Å². The van der Waals surface area contributed by atoms with E-state index in [0.717, 1.165) is 17.7 Å². The maximum atomic E-state index is 13.1. The van der Waals surface area contributed by atoms with Crippen LogP contribution in [0.2, 0.25) is 0 Å². The summed E-state index contributed by atoms with van der Waals surface area (Å²) in [4.78, 5) is 2.07. The summed E-state index contributed by atoms with van der Waals surface area (Å²) in [6, 6.07) is 6.52. The van der Waals surface area contributed by atoms with Gasteiger partial charge in [-0.2, -0.15) is 0 Å². The largest absolute Gasteiger partial charge is 0.472 e. The van der Waals surface area contributed by atoms with Gasteiger partial charge in [-0.05, 0) is 36.9 Å². The molecule has 0 fully saturated rings. The molecule has 0 aliphatic rings. The molecule has 0 atom stereocenters. The molecule has 0 radical (unpaired) electrons. The van der Waals surface area contributed by atoms with Crippen molar-refractivity contribution in [3.63, 3.8) is 0 Å². The zero-order valence-electron chi connectivity index (χ0n) is 9.69. The fraction of sp³-hybridized carbons (Fsp3) is 0.231. The SMILES string of the molecule is CN(Cc1ccoc1)Cc1cc(N)cc(F)c1. The van der Waals surface area contributed by atoms with Gasteiger partial charge in [0.1, 0.15) is 5.82 Å². The van der Waals surface area contributed by atoms with E-state index in [1.54, 1.807) is 18.6 Å². The van der Waals surface area contributed by atoms with Crippen LogP contribution < -0.4 is 5.73 Å². The summed E-state index contributed by atoms with van der Waals surface area (Å²) in [5.74, 6) is -0.295. The lowest BCUT2D eigenvalue weighted by Crippen LogP contribution is -2.17. The molecule has 0 spiro atoms. The predicted molar refractivity (Wildman–Crippen MR) is 64.7 cm³/mol. The summed E-state index contributed by atoms with van der Waals surface area (Å²) >= 11 is 0. The number of nitrogens with two attached hydrogens (primary N) is 1. The van der Waals surface area contributed by atoms with Crippen LogP contribution in [0.5, 0.6) is 0 Å². The van der Waals surface area contributed by atoms with E-state index in [1.165, 1.54) is 12.1 Å². The molecule has 0 unspecified atom stereocenters. The van der Waals surface area contributed by atoms with Crippen molar-refractivity contribution in [2.45, 2.75) is 13.1 Å². The minimum absolute atomic E-state index is 0.295. The minimum atomic E-state index is -0.295. The summed E-state index contributed by atoms with van der Waals surface area (Å²) in [6.45, 7) is 1.40. The van der Waals surface area contributed by atoms with Crippen molar-refractivity contribution in [2.24, 2.45) is 0 Å². The minimum Gasteiger partial charge on any atom is -0.472 e. The summed E-state index contributed by atoms with van der Waals surface area (Å²) in [5, 5.41) is 0. The molecule has 0 aliphatic heterocycles. The van der Waals surface area contributed by atoms with Crippen molar-refractivity contribution in [3.05, 3.63) is 53.7 Å². The van der Waals surface area contributed by atoms with Crippen LogP contribution in [0.25, 0.3) is 0 Å². The third kappa shape index (κ3) is 3.32. The monoisotopic (exact) mass is 234 g/mol. The maximum Gasteiger partial charge on any atom is 0.125 e. The smallest absolute Gasteiger partial charge is 0.125 e. The van der Waals surface area contributed by atoms with E-state index in [9.17, 15) is 4.39 Å². The van der Waals surface area contributed by atoms with Crippen LogP contribution in [-0.4, -0.2) is 11.9 Å². The number of halogens is 1. The van der Waals surface area contributed by atoms with Gasteiger partial charge in [-0.3, -0.25) is 4.90 Å². The predicted octanol–water partition coefficient (Wildman–Crippen LogP) is 2.63. The molecular formula is C13H15FN2O. The average Bonchev–Trinajstić information content (AvgIpc) is 2.67. The molecule has 3 nitrogen and oxygen atoms in total. The fourth-order valence-electron chi connectivity index (χ4n) is 1.83. The van der Waals surface area contributed by atoms with Gasteiger partial charge in [0, 0.05) is 24.3 Å². The van der Waals surface area contributed by atoms with E-state index in [-0.39, 0.29) is 5.82 Å². The van der Waals surface area contributed by atoms with Crippen molar-refractivity contribution >= 4 is 5.69 Å². The molecule has 1 heterocycles. The molecule has 0 saturated carbocycles. The quantitative estimate of drug-likeness (QED) is 0.827. The van der Waals surface area contributed by atoms with Gasteiger partial charge in [0.15, 0.2) is 0 Å². The van der Waals surface area contributed by atoms with Crippen LogP contribution in [0.4, 0.5) is 10.1 Å². The number of furan rings is 1. The number of hydrogen-bond acceptors (Lipinski definition) is 3. The average molecular weight is 234 g/mol. The standard InChI is InChI=1S/C13H15FN2O/c1-16(7-10-2-3-17-9-10)8-11-4-12(14)6-13(15)5-11/h2-6,9H,7-8,15H2,1H3. The lowest BCUT2D eigenvalue weighted by molar-refractivity contribution is 0.317. The van der Waals surface area contributed by atoms with Crippen LogP contribution in [0.15, 0.2) is 41.2 Å². The van der Waals surface area contributed by atoms with E-state index in [4.69, 9.17) is 10.2 Å². The Balaban J connectivity index is 2.00. The molecule has 0 amide bonds. The Morgan fingerprint density at radius 3 is 2.65 bits per heavy atom. The molecule has 0 bridgehead atoms. The highest BCUT2D eigenvalue weighted by Gasteiger charge is 2.04. The van der Waals surface area contributed by atoms with Crippen molar-refractivity contribution < 1.29 is 8.81 Å². The molecule has 17 heavy (non-hydrogen) atoms. The molecule has 0 saturated heterocycles. The normalized spacial score (nSPS) is 11.0. The Hall–Kier alpha value is -1.81. The van der Waals surface area contributed by atoms with Gasteiger partial charge in [-0.25, -0.2) is 4.39 Å². The molecule has 4 heteroatoms. The second-order valence-electron chi connectivity index (χ2n) is 4.20. The fourth-order valence-corrected chi connectivity index (χ4v) is 1.83. The number of benzene rings is 1. The van der Waals surface area contributed by atoms with Gasteiger partial charge in [-0.15, -0.1) is 0 Å². The zero-order chi connectivity index (χ0) is 12.3. The first-order valence-electron chi connectivity index (χ1n) is 5.38. The highest BCUT2D eigenvalue weighted by molar-refractivity contribution is 5.41.